The second kappa shape index (κ2) is 17.8. The van der Waals surface area contributed by atoms with Crippen LogP contribution >= 0.6 is 0 Å². The standard InChI is InChI=1S/C28H39NO4/c1-3-4-5-8-17-24-18-13-11-15-23(2)16-12-14-19-25(30)22-27(32)26(31)20-9-6-7-10-21-28(33)29-24/h5-16,19-21,24-27,30-32H,3-4,17-18,22H2,1-2H3,(H,29,33)/b7-6+,8-5+,13-11+,16-12+,19-14-,20-9+,21-10+,23-15+. The monoisotopic (exact) mass is 453 g/mol. The van der Waals surface area contributed by atoms with Crippen molar-refractivity contribution in [3.63, 3.8) is 0 Å². The van der Waals surface area contributed by atoms with Gasteiger partial charge in [-0.1, -0.05) is 104 Å². The lowest BCUT2D eigenvalue weighted by atomic mass is 10.1. The molecule has 4 N–H and O–H groups in total. The van der Waals surface area contributed by atoms with Crippen LogP contribution < -0.4 is 5.32 Å². The summed E-state index contributed by atoms with van der Waals surface area (Å²) in [5.74, 6) is -0.168. The summed E-state index contributed by atoms with van der Waals surface area (Å²) in [6, 6.07) is -0.00135. The molecule has 5 nitrogen and oxygen atoms in total. The lowest BCUT2D eigenvalue weighted by Gasteiger charge is -2.16. The maximum Gasteiger partial charge on any atom is 0.244 e. The fourth-order valence-corrected chi connectivity index (χ4v) is 2.97. The molecule has 0 aromatic rings. The van der Waals surface area contributed by atoms with Gasteiger partial charge in [0.05, 0.1) is 18.3 Å². The molecule has 0 aromatic heterocycles. The second-order valence-corrected chi connectivity index (χ2v) is 8.01. The second-order valence-electron chi connectivity index (χ2n) is 8.01. The summed E-state index contributed by atoms with van der Waals surface area (Å²) in [4.78, 5) is 12.3. The van der Waals surface area contributed by atoms with E-state index in [1.807, 2.05) is 37.3 Å². The van der Waals surface area contributed by atoms with E-state index in [0.29, 0.717) is 6.42 Å². The van der Waals surface area contributed by atoms with Crippen molar-refractivity contribution in [1.29, 1.82) is 0 Å². The number of amides is 1. The van der Waals surface area contributed by atoms with Gasteiger partial charge in [0.15, 0.2) is 0 Å². The number of carbonyl (C=O) groups excluding carboxylic acids is 1. The lowest BCUT2D eigenvalue weighted by Crippen LogP contribution is -2.32. The van der Waals surface area contributed by atoms with Crippen LogP contribution in [0, 0.1) is 0 Å². The van der Waals surface area contributed by atoms with Crippen LogP contribution in [-0.4, -0.2) is 45.6 Å². The molecule has 4 unspecified atom stereocenters. The maximum absolute atomic E-state index is 12.3. The molecule has 180 valence electrons. The highest BCUT2D eigenvalue weighted by molar-refractivity contribution is 5.88. The molecule has 0 radical (unpaired) electrons. The Labute approximate surface area is 198 Å². The summed E-state index contributed by atoms with van der Waals surface area (Å²) in [7, 11) is 0. The van der Waals surface area contributed by atoms with Gasteiger partial charge in [0.25, 0.3) is 0 Å². The predicted octanol–water partition coefficient (Wildman–Crippen LogP) is 4.38. The third-order valence-electron chi connectivity index (χ3n) is 4.87. The molecule has 1 aliphatic rings. The molecule has 0 saturated carbocycles. The molecular weight excluding hydrogens is 414 g/mol. The summed E-state index contributed by atoms with van der Waals surface area (Å²) >= 11 is 0. The molecule has 33 heavy (non-hydrogen) atoms. The lowest BCUT2D eigenvalue weighted by molar-refractivity contribution is -0.117. The van der Waals surface area contributed by atoms with Gasteiger partial charge in [0, 0.05) is 18.5 Å². The number of carbonyl (C=O) groups is 1. The van der Waals surface area contributed by atoms with Gasteiger partial charge >= 0.3 is 0 Å². The number of allylic oxidation sites excluding steroid dienone is 11. The van der Waals surface area contributed by atoms with E-state index in [4.69, 9.17) is 0 Å². The zero-order valence-electron chi connectivity index (χ0n) is 19.8. The van der Waals surface area contributed by atoms with E-state index in [-0.39, 0.29) is 18.4 Å². The number of hydrogen-bond acceptors (Lipinski definition) is 4. The Kier molecular flexibility index (Phi) is 15.3. The Bertz CT molecular complexity index is 799. The highest BCUT2D eigenvalue weighted by Crippen LogP contribution is 2.07. The third kappa shape index (κ3) is 14.9. The van der Waals surface area contributed by atoms with Crippen LogP contribution in [0.2, 0.25) is 0 Å². The number of aliphatic hydroxyl groups excluding tert-OH is 3. The summed E-state index contributed by atoms with van der Waals surface area (Å²) < 4.78 is 0. The van der Waals surface area contributed by atoms with Crippen molar-refractivity contribution in [2.24, 2.45) is 0 Å². The predicted molar refractivity (Wildman–Crippen MR) is 136 cm³/mol. The summed E-state index contributed by atoms with van der Waals surface area (Å²) in [6.07, 6.45) is 27.3. The molecule has 1 heterocycles. The Balaban J connectivity index is 2.96. The maximum atomic E-state index is 12.3. The molecule has 5 heteroatoms. The van der Waals surface area contributed by atoms with E-state index in [1.165, 1.54) is 12.2 Å². The van der Waals surface area contributed by atoms with Crippen molar-refractivity contribution in [3.05, 3.63) is 96.7 Å². The molecular formula is C28H39NO4. The van der Waals surface area contributed by atoms with E-state index in [2.05, 4.69) is 24.4 Å². The minimum Gasteiger partial charge on any atom is -0.390 e. The molecule has 0 saturated heterocycles. The van der Waals surface area contributed by atoms with Crippen molar-refractivity contribution < 1.29 is 20.1 Å². The number of unbranched alkanes of at least 4 members (excludes halogenated alkanes) is 1. The zero-order valence-corrected chi connectivity index (χ0v) is 19.8. The van der Waals surface area contributed by atoms with Crippen LogP contribution in [0.25, 0.3) is 0 Å². The first-order valence-corrected chi connectivity index (χ1v) is 11.6. The largest absolute Gasteiger partial charge is 0.390 e. The van der Waals surface area contributed by atoms with E-state index < -0.39 is 18.3 Å². The smallest absolute Gasteiger partial charge is 0.244 e. The molecule has 0 bridgehead atoms. The van der Waals surface area contributed by atoms with Crippen LogP contribution in [0.15, 0.2) is 96.7 Å². The van der Waals surface area contributed by atoms with Crippen LogP contribution in [0.3, 0.4) is 0 Å². The average molecular weight is 454 g/mol. The first-order chi connectivity index (χ1) is 15.9. The van der Waals surface area contributed by atoms with Crippen LogP contribution in [-0.2, 0) is 4.79 Å². The molecule has 4 atom stereocenters. The number of rotatable bonds is 4. The molecule has 0 aromatic carbocycles. The first kappa shape index (κ1) is 28.3. The average Bonchev–Trinajstić information content (AvgIpc) is 2.78. The van der Waals surface area contributed by atoms with Gasteiger partial charge in [0.2, 0.25) is 5.91 Å². The normalized spacial score (nSPS) is 33.5. The highest BCUT2D eigenvalue weighted by Gasteiger charge is 2.16. The van der Waals surface area contributed by atoms with Gasteiger partial charge in [-0.25, -0.2) is 0 Å². The van der Waals surface area contributed by atoms with Crippen molar-refractivity contribution in [3.8, 4) is 0 Å². The van der Waals surface area contributed by atoms with Gasteiger partial charge in [-0.3, -0.25) is 4.79 Å². The number of nitrogens with one attached hydrogen (secondary N) is 1. The molecule has 1 rings (SSSR count). The van der Waals surface area contributed by atoms with Crippen LogP contribution in [0.1, 0.15) is 46.0 Å². The van der Waals surface area contributed by atoms with Crippen molar-refractivity contribution >= 4 is 5.91 Å². The topological polar surface area (TPSA) is 89.8 Å². The Hall–Kier alpha value is -2.73. The fourth-order valence-electron chi connectivity index (χ4n) is 2.97. The Morgan fingerprint density at radius 3 is 2.48 bits per heavy atom. The number of aliphatic hydroxyl groups is 3. The van der Waals surface area contributed by atoms with Gasteiger partial charge in [0.1, 0.15) is 0 Å². The Morgan fingerprint density at radius 2 is 1.70 bits per heavy atom. The SMILES string of the molecule is CCC/C=C/CC1C/C=C/C=C(C)/C=C/C=C\C(O)CC(O)C(O)/C=C/C=C/C=C/C(=O)N1. The van der Waals surface area contributed by atoms with E-state index in [9.17, 15) is 20.1 Å². The van der Waals surface area contributed by atoms with Crippen LogP contribution in [0.5, 0.6) is 0 Å². The van der Waals surface area contributed by atoms with Gasteiger partial charge in [-0.15, -0.1) is 0 Å². The molecule has 1 aliphatic heterocycles. The summed E-state index contributed by atoms with van der Waals surface area (Å²) in [6.45, 7) is 4.11. The van der Waals surface area contributed by atoms with Crippen molar-refractivity contribution in [2.45, 2.75) is 70.3 Å². The molecule has 0 aliphatic carbocycles. The minimum atomic E-state index is -1.10. The number of hydrogen-bond donors (Lipinski definition) is 4. The third-order valence-corrected chi connectivity index (χ3v) is 4.87. The molecule has 1 amide bonds. The molecule has 0 spiro atoms. The summed E-state index contributed by atoms with van der Waals surface area (Å²) in [5.41, 5.74) is 1.03. The Morgan fingerprint density at radius 1 is 0.970 bits per heavy atom. The zero-order chi connectivity index (χ0) is 24.3. The van der Waals surface area contributed by atoms with Gasteiger partial charge in [-0.05, 0) is 26.2 Å². The highest BCUT2D eigenvalue weighted by atomic mass is 16.3. The minimum absolute atomic E-state index is 0.00135. The first-order valence-electron chi connectivity index (χ1n) is 11.6. The van der Waals surface area contributed by atoms with E-state index in [1.54, 1.807) is 36.5 Å². The molecule has 0 fully saturated rings. The van der Waals surface area contributed by atoms with Gasteiger partial charge < -0.3 is 20.6 Å². The summed E-state index contributed by atoms with van der Waals surface area (Å²) in [5, 5.41) is 33.1. The quantitative estimate of drug-likeness (QED) is 0.476. The van der Waals surface area contributed by atoms with Crippen molar-refractivity contribution in [2.75, 3.05) is 0 Å². The van der Waals surface area contributed by atoms with Crippen molar-refractivity contribution in [1.82, 2.24) is 5.32 Å². The van der Waals surface area contributed by atoms with Gasteiger partial charge in [-0.2, -0.15) is 0 Å². The van der Waals surface area contributed by atoms with E-state index in [0.717, 1.165) is 24.8 Å². The van der Waals surface area contributed by atoms with E-state index >= 15 is 0 Å². The fraction of sp³-hybridized carbons (Fsp3) is 0.393. The van der Waals surface area contributed by atoms with Crippen LogP contribution in [0.4, 0.5) is 0 Å².